The highest BCUT2D eigenvalue weighted by Crippen LogP contribution is 2.30. The van der Waals surface area contributed by atoms with E-state index in [0.29, 0.717) is 11.1 Å². The summed E-state index contributed by atoms with van der Waals surface area (Å²) in [4.78, 5) is 11.9. The van der Waals surface area contributed by atoms with Gasteiger partial charge in [0.2, 0.25) is 0 Å². The molecule has 0 saturated heterocycles. The van der Waals surface area contributed by atoms with Crippen LogP contribution in [0.25, 0.3) is 0 Å². The molecule has 0 aromatic heterocycles. The molecule has 5 heteroatoms. The SMILES string of the molecule is O=C(CCC(O)c1ccc(C(F)(F)F)cc1)c1ccccc1. The highest BCUT2D eigenvalue weighted by molar-refractivity contribution is 5.95. The van der Waals surface area contributed by atoms with Crippen LogP contribution in [0.3, 0.4) is 0 Å². The van der Waals surface area contributed by atoms with E-state index in [1.54, 1.807) is 30.3 Å². The first-order valence-corrected chi connectivity index (χ1v) is 6.81. The van der Waals surface area contributed by atoms with E-state index >= 15 is 0 Å². The molecule has 1 unspecified atom stereocenters. The van der Waals surface area contributed by atoms with Crippen LogP contribution in [-0.2, 0) is 6.18 Å². The Morgan fingerprint density at radius 3 is 2.14 bits per heavy atom. The number of hydrogen-bond donors (Lipinski definition) is 1. The lowest BCUT2D eigenvalue weighted by Crippen LogP contribution is -2.07. The average molecular weight is 308 g/mol. The molecule has 0 aliphatic carbocycles. The predicted molar refractivity (Wildman–Crippen MR) is 76.4 cm³/mol. The Kier molecular flexibility index (Phi) is 4.98. The molecule has 0 saturated carbocycles. The van der Waals surface area contributed by atoms with E-state index in [9.17, 15) is 23.1 Å². The lowest BCUT2D eigenvalue weighted by molar-refractivity contribution is -0.137. The number of alkyl halides is 3. The van der Waals surface area contributed by atoms with Crippen LogP contribution in [0.4, 0.5) is 13.2 Å². The van der Waals surface area contributed by atoms with Gasteiger partial charge in [0.1, 0.15) is 0 Å². The first kappa shape index (κ1) is 16.2. The fourth-order valence-corrected chi connectivity index (χ4v) is 2.10. The first-order valence-electron chi connectivity index (χ1n) is 6.81. The molecule has 0 aliphatic rings. The standard InChI is InChI=1S/C17H15F3O2/c18-17(19,20)14-8-6-13(7-9-14)16(22)11-10-15(21)12-4-2-1-3-5-12/h1-9,16,22H,10-11H2. The third kappa shape index (κ3) is 4.18. The molecule has 0 spiro atoms. The normalized spacial score (nSPS) is 12.9. The summed E-state index contributed by atoms with van der Waals surface area (Å²) in [6.07, 6.45) is -5.06. The number of aliphatic hydroxyl groups excluding tert-OH is 1. The Hall–Kier alpha value is -2.14. The zero-order valence-electron chi connectivity index (χ0n) is 11.7. The predicted octanol–water partition coefficient (Wildman–Crippen LogP) is 4.40. The fourth-order valence-electron chi connectivity index (χ4n) is 2.10. The maximum Gasteiger partial charge on any atom is 0.416 e. The summed E-state index contributed by atoms with van der Waals surface area (Å²) in [5.41, 5.74) is 0.166. The highest BCUT2D eigenvalue weighted by atomic mass is 19.4. The zero-order chi connectivity index (χ0) is 16.2. The molecule has 0 radical (unpaired) electrons. The van der Waals surface area contributed by atoms with Crippen molar-refractivity contribution in [2.75, 3.05) is 0 Å². The van der Waals surface area contributed by atoms with Crippen LogP contribution in [0, 0.1) is 0 Å². The van der Waals surface area contributed by atoms with Gasteiger partial charge < -0.3 is 5.11 Å². The number of ketones is 1. The molecule has 22 heavy (non-hydrogen) atoms. The third-order valence-corrected chi connectivity index (χ3v) is 3.36. The minimum Gasteiger partial charge on any atom is -0.388 e. The molecule has 2 nitrogen and oxygen atoms in total. The number of benzene rings is 2. The van der Waals surface area contributed by atoms with Gasteiger partial charge in [-0.1, -0.05) is 42.5 Å². The van der Waals surface area contributed by atoms with Gasteiger partial charge in [-0.05, 0) is 24.1 Å². The summed E-state index contributed by atoms with van der Waals surface area (Å²) in [5.74, 6) is -0.105. The fraction of sp³-hybridized carbons (Fsp3) is 0.235. The second kappa shape index (κ2) is 6.75. The van der Waals surface area contributed by atoms with Crippen LogP contribution in [0.15, 0.2) is 54.6 Å². The van der Waals surface area contributed by atoms with Gasteiger partial charge in [-0.2, -0.15) is 13.2 Å². The molecular formula is C17H15F3O2. The van der Waals surface area contributed by atoms with Crippen molar-refractivity contribution in [1.82, 2.24) is 0 Å². The van der Waals surface area contributed by atoms with Crippen LogP contribution < -0.4 is 0 Å². The molecule has 1 N–H and O–H groups in total. The molecule has 1 atom stereocenters. The molecule has 2 aromatic carbocycles. The topological polar surface area (TPSA) is 37.3 Å². The number of Topliss-reactive ketones (excluding diaryl/α,β-unsaturated/α-hetero) is 1. The van der Waals surface area contributed by atoms with E-state index in [1.807, 2.05) is 0 Å². The number of carbonyl (C=O) groups is 1. The number of halogens is 3. The van der Waals surface area contributed by atoms with E-state index in [1.165, 1.54) is 12.1 Å². The van der Waals surface area contributed by atoms with Crippen molar-refractivity contribution in [2.24, 2.45) is 0 Å². The molecule has 0 aliphatic heterocycles. The maximum absolute atomic E-state index is 12.5. The number of rotatable bonds is 5. The molecule has 2 aromatic rings. The summed E-state index contributed by atoms with van der Waals surface area (Å²) < 4.78 is 37.4. The van der Waals surface area contributed by atoms with Crippen LogP contribution in [0.2, 0.25) is 0 Å². The average Bonchev–Trinajstić information content (AvgIpc) is 2.52. The zero-order valence-corrected chi connectivity index (χ0v) is 11.7. The van der Waals surface area contributed by atoms with E-state index in [0.717, 1.165) is 12.1 Å². The Morgan fingerprint density at radius 2 is 1.59 bits per heavy atom. The van der Waals surface area contributed by atoms with Crippen molar-refractivity contribution < 1.29 is 23.1 Å². The van der Waals surface area contributed by atoms with E-state index in [4.69, 9.17) is 0 Å². The van der Waals surface area contributed by atoms with Gasteiger partial charge in [0.25, 0.3) is 0 Å². The lowest BCUT2D eigenvalue weighted by atomic mass is 9.99. The van der Waals surface area contributed by atoms with E-state index in [-0.39, 0.29) is 18.6 Å². The minimum absolute atomic E-state index is 0.105. The smallest absolute Gasteiger partial charge is 0.388 e. The lowest BCUT2D eigenvalue weighted by Gasteiger charge is -2.12. The largest absolute Gasteiger partial charge is 0.416 e. The highest BCUT2D eigenvalue weighted by Gasteiger charge is 2.30. The first-order chi connectivity index (χ1) is 10.4. The third-order valence-electron chi connectivity index (χ3n) is 3.36. The molecule has 0 bridgehead atoms. The van der Waals surface area contributed by atoms with Gasteiger partial charge in [0.15, 0.2) is 5.78 Å². The number of aliphatic hydroxyl groups is 1. The van der Waals surface area contributed by atoms with Gasteiger partial charge in [0.05, 0.1) is 11.7 Å². The van der Waals surface area contributed by atoms with Gasteiger partial charge >= 0.3 is 6.18 Å². The van der Waals surface area contributed by atoms with E-state index < -0.39 is 17.8 Å². The minimum atomic E-state index is -4.40. The Bertz CT molecular complexity index is 619. The Morgan fingerprint density at radius 1 is 1.00 bits per heavy atom. The van der Waals surface area contributed by atoms with E-state index in [2.05, 4.69) is 0 Å². The van der Waals surface area contributed by atoms with Gasteiger partial charge in [-0.15, -0.1) is 0 Å². The second-order valence-electron chi connectivity index (χ2n) is 4.96. The maximum atomic E-state index is 12.5. The number of hydrogen-bond acceptors (Lipinski definition) is 2. The summed E-state index contributed by atoms with van der Waals surface area (Å²) >= 11 is 0. The molecule has 2 rings (SSSR count). The van der Waals surface area contributed by atoms with Crippen molar-refractivity contribution in [3.8, 4) is 0 Å². The summed E-state index contributed by atoms with van der Waals surface area (Å²) in [5, 5.41) is 9.98. The summed E-state index contributed by atoms with van der Waals surface area (Å²) in [6.45, 7) is 0. The monoisotopic (exact) mass is 308 g/mol. The second-order valence-corrected chi connectivity index (χ2v) is 4.96. The summed E-state index contributed by atoms with van der Waals surface area (Å²) in [7, 11) is 0. The van der Waals surface area contributed by atoms with Crippen molar-refractivity contribution in [3.63, 3.8) is 0 Å². The van der Waals surface area contributed by atoms with Crippen LogP contribution in [0.1, 0.15) is 40.4 Å². The van der Waals surface area contributed by atoms with Crippen molar-refractivity contribution in [1.29, 1.82) is 0 Å². The van der Waals surface area contributed by atoms with Gasteiger partial charge in [-0.3, -0.25) is 4.79 Å². The van der Waals surface area contributed by atoms with Crippen LogP contribution in [-0.4, -0.2) is 10.9 Å². The van der Waals surface area contributed by atoms with Crippen LogP contribution in [0.5, 0.6) is 0 Å². The molecule has 116 valence electrons. The van der Waals surface area contributed by atoms with Gasteiger partial charge in [0, 0.05) is 12.0 Å². The van der Waals surface area contributed by atoms with Crippen LogP contribution >= 0.6 is 0 Å². The van der Waals surface area contributed by atoms with Crippen molar-refractivity contribution in [2.45, 2.75) is 25.1 Å². The number of carbonyl (C=O) groups excluding carboxylic acids is 1. The quantitative estimate of drug-likeness (QED) is 0.831. The Labute approximate surface area is 126 Å². The molecule has 0 amide bonds. The summed E-state index contributed by atoms with van der Waals surface area (Å²) in [6, 6.07) is 13.0. The molecule has 0 heterocycles. The molecular weight excluding hydrogens is 293 g/mol. The van der Waals surface area contributed by atoms with Crippen molar-refractivity contribution >= 4 is 5.78 Å². The Balaban J connectivity index is 1.95. The molecule has 0 fully saturated rings. The van der Waals surface area contributed by atoms with Crippen molar-refractivity contribution in [3.05, 3.63) is 71.3 Å². The van der Waals surface area contributed by atoms with Gasteiger partial charge in [-0.25, -0.2) is 0 Å².